The van der Waals surface area contributed by atoms with Gasteiger partial charge in [0.2, 0.25) is 10.0 Å². The largest absolute Gasteiger partial charge is 0.452 e. The van der Waals surface area contributed by atoms with E-state index in [9.17, 15) is 18.0 Å². The van der Waals surface area contributed by atoms with Crippen molar-refractivity contribution in [2.75, 3.05) is 26.2 Å². The fourth-order valence-corrected chi connectivity index (χ4v) is 6.45. The third kappa shape index (κ3) is 6.30. The van der Waals surface area contributed by atoms with Crippen LogP contribution in [0.2, 0.25) is 0 Å². The lowest BCUT2D eigenvalue weighted by molar-refractivity contribution is -0.164. The highest BCUT2D eigenvalue weighted by atomic mass is 32.2. The van der Waals surface area contributed by atoms with Crippen molar-refractivity contribution < 1.29 is 22.7 Å². The SMILES string of the molecule is CC(OC(=O)C1CCN(S(=O)(=O)c2ccccc2)CC1)C(=O)N1CCC(Cc2ccccc2)CC1. The van der Waals surface area contributed by atoms with Crippen LogP contribution in [0.3, 0.4) is 0 Å². The van der Waals surface area contributed by atoms with E-state index in [1.54, 1.807) is 42.2 Å². The second-order valence-electron chi connectivity index (χ2n) is 9.53. The average Bonchev–Trinajstić information content (AvgIpc) is 2.90. The lowest BCUT2D eigenvalue weighted by Gasteiger charge is -2.34. The van der Waals surface area contributed by atoms with Crippen molar-refractivity contribution in [2.24, 2.45) is 11.8 Å². The van der Waals surface area contributed by atoms with Gasteiger partial charge in [0.1, 0.15) is 0 Å². The van der Waals surface area contributed by atoms with E-state index < -0.39 is 28.0 Å². The molecule has 0 aromatic heterocycles. The van der Waals surface area contributed by atoms with Gasteiger partial charge in [-0.3, -0.25) is 9.59 Å². The first-order valence-electron chi connectivity index (χ1n) is 12.4. The molecule has 2 aromatic carbocycles. The molecular formula is C27H34N2O5S. The number of carbonyl (C=O) groups is 2. The Morgan fingerprint density at radius 2 is 1.46 bits per heavy atom. The predicted molar refractivity (Wildman–Crippen MR) is 133 cm³/mol. The van der Waals surface area contributed by atoms with Gasteiger partial charge in [0.15, 0.2) is 6.10 Å². The molecule has 2 aliphatic rings. The van der Waals surface area contributed by atoms with Crippen LogP contribution in [0.4, 0.5) is 0 Å². The maximum absolute atomic E-state index is 12.9. The third-order valence-electron chi connectivity index (χ3n) is 7.10. The Labute approximate surface area is 208 Å². The first-order valence-corrected chi connectivity index (χ1v) is 13.9. The van der Waals surface area contributed by atoms with E-state index in [1.165, 1.54) is 9.87 Å². The standard InChI is InChI=1S/C27H34N2O5S/c1-21(26(30)28-16-12-23(13-17-28)20-22-8-4-2-5-9-22)34-27(31)24-14-18-29(19-15-24)35(32,33)25-10-6-3-7-11-25/h2-11,21,23-24H,12-20H2,1H3. The van der Waals surface area contributed by atoms with E-state index in [-0.39, 0.29) is 23.9 Å². The lowest BCUT2D eigenvalue weighted by atomic mass is 9.90. The molecule has 0 saturated carbocycles. The molecule has 4 rings (SSSR count). The van der Waals surface area contributed by atoms with Gasteiger partial charge < -0.3 is 9.64 Å². The van der Waals surface area contributed by atoms with Gasteiger partial charge in [0.25, 0.3) is 5.91 Å². The Kier molecular flexibility index (Phi) is 8.23. The van der Waals surface area contributed by atoms with Gasteiger partial charge in [-0.15, -0.1) is 0 Å². The Bertz CT molecular complexity index is 1090. The number of likely N-dealkylation sites (tertiary alicyclic amines) is 1. The van der Waals surface area contributed by atoms with Gasteiger partial charge in [-0.25, -0.2) is 8.42 Å². The predicted octanol–water partition coefficient (Wildman–Crippen LogP) is 3.50. The molecule has 0 N–H and O–H groups in total. The molecule has 2 heterocycles. The summed E-state index contributed by atoms with van der Waals surface area (Å²) in [5, 5.41) is 0. The Morgan fingerprint density at radius 1 is 0.886 bits per heavy atom. The van der Waals surface area contributed by atoms with E-state index >= 15 is 0 Å². The molecule has 0 spiro atoms. The number of esters is 1. The minimum atomic E-state index is -3.57. The van der Waals surface area contributed by atoms with Gasteiger partial charge in [-0.05, 0) is 62.6 Å². The van der Waals surface area contributed by atoms with Crippen LogP contribution in [0.5, 0.6) is 0 Å². The van der Waals surface area contributed by atoms with Gasteiger partial charge in [-0.1, -0.05) is 48.5 Å². The number of rotatable bonds is 7. The summed E-state index contributed by atoms with van der Waals surface area (Å²) in [6, 6.07) is 18.7. The number of carbonyl (C=O) groups excluding carboxylic acids is 2. The minimum absolute atomic E-state index is 0.152. The Balaban J connectivity index is 1.22. The van der Waals surface area contributed by atoms with E-state index in [2.05, 4.69) is 24.3 Å². The topological polar surface area (TPSA) is 84.0 Å². The number of benzene rings is 2. The molecule has 188 valence electrons. The normalized spacial score (nSPS) is 19.3. The highest BCUT2D eigenvalue weighted by Crippen LogP contribution is 2.26. The summed E-state index contributed by atoms with van der Waals surface area (Å²) in [4.78, 5) is 27.7. The Morgan fingerprint density at radius 3 is 2.06 bits per heavy atom. The van der Waals surface area contributed by atoms with Crippen molar-refractivity contribution in [3.8, 4) is 0 Å². The van der Waals surface area contributed by atoms with Gasteiger partial charge in [-0.2, -0.15) is 4.31 Å². The summed E-state index contributed by atoms with van der Waals surface area (Å²) in [7, 11) is -3.57. The van der Waals surface area contributed by atoms with Crippen LogP contribution >= 0.6 is 0 Å². The number of hydrogen-bond donors (Lipinski definition) is 0. The number of nitrogens with zero attached hydrogens (tertiary/aromatic N) is 2. The monoisotopic (exact) mass is 498 g/mol. The fourth-order valence-electron chi connectivity index (χ4n) is 4.96. The molecule has 35 heavy (non-hydrogen) atoms. The van der Waals surface area contributed by atoms with Crippen molar-refractivity contribution in [3.63, 3.8) is 0 Å². The highest BCUT2D eigenvalue weighted by Gasteiger charge is 2.35. The van der Waals surface area contributed by atoms with Crippen molar-refractivity contribution >= 4 is 21.9 Å². The number of sulfonamides is 1. The zero-order valence-corrected chi connectivity index (χ0v) is 21.0. The number of amides is 1. The Hall–Kier alpha value is -2.71. The van der Waals surface area contributed by atoms with Crippen LogP contribution < -0.4 is 0 Å². The zero-order valence-electron chi connectivity index (χ0n) is 20.2. The molecule has 8 heteroatoms. The second-order valence-corrected chi connectivity index (χ2v) is 11.5. The molecule has 0 radical (unpaired) electrons. The zero-order chi connectivity index (χ0) is 24.8. The lowest BCUT2D eigenvalue weighted by Crippen LogP contribution is -2.46. The molecular weight excluding hydrogens is 464 g/mol. The molecule has 1 atom stereocenters. The van der Waals surface area contributed by atoms with E-state index in [4.69, 9.17) is 4.74 Å². The summed E-state index contributed by atoms with van der Waals surface area (Å²) in [6.07, 6.45) is 2.84. The summed E-state index contributed by atoms with van der Waals surface area (Å²) in [5.74, 6) is -0.414. The molecule has 1 amide bonds. The molecule has 2 aromatic rings. The van der Waals surface area contributed by atoms with Crippen molar-refractivity contribution in [1.82, 2.24) is 9.21 Å². The quantitative estimate of drug-likeness (QED) is 0.546. The smallest absolute Gasteiger partial charge is 0.309 e. The third-order valence-corrected chi connectivity index (χ3v) is 9.02. The van der Waals surface area contributed by atoms with Crippen LogP contribution in [0.1, 0.15) is 38.2 Å². The number of ether oxygens (including phenoxy) is 1. The van der Waals surface area contributed by atoms with Gasteiger partial charge in [0, 0.05) is 26.2 Å². The molecule has 0 aliphatic carbocycles. The van der Waals surface area contributed by atoms with Crippen LogP contribution in [0, 0.1) is 11.8 Å². The number of hydrogen-bond acceptors (Lipinski definition) is 5. The first kappa shape index (κ1) is 25.4. The van der Waals surface area contributed by atoms with Gasteiger partial charge >= 0.3 is 5.97 Å². The van der Waals surface area contributed by atoms with E-state index in [1.807, 2.05) is 6.07 Å². The van der Waals surface area contributed by atoms with E-state index in [0.29, 0.717) is 31.8 Å². The highest BCUT2D eigenvalue weighted by molar-refractivity contribution is 7.89. The summed E-state index contributed by atoms with van der Waals surface area (Å²) >= 11 is 0. The van der Waals surface area contributed by atoms with E-state index in [0.717, 1.165) is 19.3 Å². The fraction of sp³-hybridized carbons (Fsp3) is 0.481. The molecule has 2 saturated heterocycles. The van der Waals surface area contributed by atoms with Gasteiger partial charge in [0.05, 0.1) is 10.8 Å². The van der Waals surface area contributed by atoms with Crippen LogP contribution in [0.25, 0.3) is 0 Å². The molecule has 0 bridgehead atoms. The molecule has 2 fully saturated rings. The maximum atomic E-state index is 12.9. The maximum Gasteiger partial charge on any atom is 0.309 e. The number of piperidine rings is 2. The van der Waals surface area contributed by atoms with Crippen LogP contribution in [-0.4, -0.2) is 61.8 Å². The van der Waals surface area contributed by atoms with Crippen LogP contribution in [-0.2, 0) is 30.8 Å². The molecule has 1 unspecified atom stereocenters. The molecule has 7 nitrogen and oxygen atoms in total. The average molecular weight is 499 g/mol. The van der Waals surface area contributed by atoms with Crippen molar-refractivity contribution in [2.45, 2.75) is 50.0 Å². The summed E-state index contributed by atoms with van der Waals surface area (Å²) in [6.45, 7) is 3.50. The van der Waals surface area contributed by atoms with Crippen LogP contribution in [0.15, 0.2) is 65.6 Å². The summed E-state index contributed by atoms with van der Waals surface area (Å²) in [5.41, 5.74) is 1.32. The van der Waals surface area contributed by atoms with Crippen molar-refractivity contribution in [1.29, 1.82) is 0 Å². The first-order chi connectivity index (χ1) is 16.8. The second kappa shape index (κ2) is 11.4. The summed E-state index contributed by atoms with van der Waals surface area (Å²) < 4.78 is 32.5. The van der Waals surface area contributed by atoms with Crippen molar-refractivity contribution in [3.05, 3.63) is 66.2 Å². The minimum Gasteiger partial charge on any atom is -0.452 e. The molecule has 2 aliphatic heterocycles.